The first-order valence-electron chi connectivity index (χ1n) is 7.84. The molecule has 1 amide bonds. The number of benzene rings is 2. The van der Waals surface area contributed by atoms with Crippen LogP contribution in [0.1, 0.15) is 12.5 Å². The number of amides is 1. The van der Waals surface area contributed by atoms with Crippen LogP contribution in [0.5, 0.6) is 5.75 Å². The van der Waals surface area contributed by atoms with Crippen LogP contribution >= 0.6 is 11.6 Å². The smallest absolute Gasteiger partial charge is 0.248 e. The molecule has 2 aromatic carbocycles. The van der Waals surface area contributed by atoms with Crippen molar-refractivity contribution in [1.29, 1.82) is 0 Å². The number of sulfonamides is 1. The van der Waals surface area contributed by atoms with E-state index in [4.69, 9.17) is 16.3 Å². The maximum absolute atomic E-state index is 12.7. The third kappa shape index (κ3) is 4.68. The minimum absolute atomic E-state index is 0.374. The van der Waals surface area contributed by atoms with Crippen molar-refractivity contribution in [3.05, 3.63) is 53.1 Å². The molecule has 0 heterocycles. The highest BCUT2D eigenvalue weighted by Gasteiger charge is 2.29. The van der Waals surface area contributed by atoms with E-state index in [9.17, 15) is 13.2 Å². The van der Waals surface area contributed by atoms with Crippen LogP contribution in [-0.4, -0.2) is 33.7 Å². The van der Waals surface area contributed by atoms with Crippen molar-refractivity contribution in [3.63, 3.8) is 0 Å². The average molecular weight is 397 g/mol. The van der Waals surface area contributed by atoms with Crippen LogP contribution in [0.25, 0.3) is 0 Å². The van der Waals surface area contributed by atoms with Crippen molar-refractivity contribution in [1.82, 2.24) is 0 Å². The van der Waals surface area contributed by atoms with Crippen molar-refractivity contribution in [2.75, 3.05) is 23.0 Å². The number of rotatable bonds is 6. The summed E-state index contributed by atoms with van der Waals surface area (Å²) < 4.78 is 30.8. The Kier molecular flexibility index (Phi) is 6.15. The molecule has 0 saturated carbocycles. The van der Waals surface area contributed by atoms with Crippen LogP contribution in [0.4, 0.5) is 11.4 Å². The second kappa shape index (κ2) is 7.97. The number of aryl methyl sites for hydroxylation is 1. The number of anilines is 2. The lowest BCUT2D eigenvalue weighted by molar-refractivity contribution is -0.116. The Labute approximate surface area is 158 Å². The van der Waals surface area contributed by atoms with Gasteiger partial charge in [-0.3, -0.25) is 9.10 Å². The molecule has 2 rings (SSSR count). The van der Waals surface area contributed by atoms with Crippen LogP contribution in [0, 0.1) is 6.92 Å². The molecule has 0 aromatic heterocycles. The van der Waals surface area contributed by atoms with Gasteiger partial charge in [-0.25, -0.2) is 8.42 Å². The van der Waals surface area contributed by atoms with Crippen LogP contribution in [0.15, 0.2) is 42.5 Å². The highest BCUT2D eigenvalue weighted by molar-refractivity contribution is 7.92. The molecule has 0 saturated heterocycles. The lowest BCUT2D eigenvalue weighted by atomic mass is 10.2. The third-order valence-corrected chi connectivity index (χ3v) is 5.35. The van der Waals surface area contributed by atoms with E-state index in [2.05, 4.69) is 5.32 Å². The Hall–Kier alpha value is -2.25. The lowest BCUT2D eigenvalue weighted by Gasteiger charge is -2.28. The van der Waals surface area contributed by atoms with Gasteiger partial charge in [0.25, 0.3) is 0 Å². The molecule has 140 valence electrons. The Morgan fingerprint density at radius 2 is 1.81 bits per heavy atom. The van der Waals surface area contributed by atoms with Crippen molar-refractivity contribution < 1.29 is 17.9 Å². The van der Waals surface area contributed by atoms with Crippen LogP contribution in [0.2, 0.25) is 5.02 Å². The van der Waals surface area contributed by atoms with Gasteiger partial charge in [-0.05, 0) is 55.8 Å². The van der Waals surface area contributed by atoms with E-state index in [1.807, 2.05) is 6.92 Å². The van der Waals surface area contributed by atoms with E-state index >= 15 is 0 Å². The maximum Gasteiger partial charge on any atom is 0.248 e. The summed E-state index contributed by atoms with van der Waals surface area (Å²) >= 11 is 5.97. The van der Waals surface area contributed by atoms with Crippen LogP contribution in [0.3, 0.4) is 0 Å². The van der Waals surface area contributed by atoms with E-state index in [-0.39, 0.29) is 0 Å². The van der Waals surface area contributed by atoms with Crippen LogP contribution < -0.4 is 14.4 Å². The number of hydrogen-bond donors (Lipinski definition) is 1. The number of carbonyl (C=O) groups is 1. The molecule has 2 aromatic rings. The zero-order chi connectivity index (χ0) is 19.5. The van der Waals surface area contributed by atoms with Gasteiger partial charge in [0.15, 0.2) is 0 Å². The van der Waals surface area contributed by atoms with Gasteiger partial charge < -0.3 is 10.1 Å². The van der Waals surface area contributed by atoms with E-state index in [1.54, 1.807) is 42.5 Å². The number of methoxy groups -OCH3 is 1. The molecule has 0 unspecified atom stereocenters. The quantitative estimate of drug-likeness (QED) is 0.811. The molecule has 0 spiro atoms. The molecule has 0 aliphatic rings. The second-order valence-corrected chi connectivity index (χ2v) is 8.18. The SMILES string of the molecule is COc1ccc(N([C@H](C)C(=O)Nc2cc(Cl)ccc2C)S(C)(=O)=O)cc1. The Balaban J connectivity index is 2.32. The van der Waals surface area contributed by atoms with Crippen LogP contribution in [-0.2, 0) is 14.8 Å². The topological polar surface area (TPSA) is 75.7 Å². The zero-order valence-electron chi connectivity index (χ0n) is 15.0. The van der Waals surface area contributed by atoms with Crippen molar-refractivity contribution in [3.8, 4) is 5.75 Å². The highest BCUT2D eigenvalue weighted by Crippen LogP contribution is 2.25. The number of nitrogens with one attached hydrogen (secondary N) is 1. The lowest BCUT2D eigenvalue weighted by Crippen LogP contribution is -2.45. The molecule has 0 fully saturated rings. The predicted molar refractivity (Wildman–Crippen MR) is 105 cm³/mol. The molecule has 8 heteroatoms. The summed E-state index contributed by atoms with van der Waals surface area (Å²) in [7, 11) is -2.17. The van der Waals surface area contributed by atoms with Gasteiger partial charge in [0.2, 0.25) is 15.9 Å². The fourth-order valence-corrected chi connectivity index (χ4v) is 3.85. The highest BCUT2D eigenvalue weighted by atomic mass is 35.5. The van der Waals surface area contributed by atoms with Crippen molar-refractivity contribution >= 4 is 38.9 Å². The molecule has 0 aliphatic carbocycles. The van der Waals surface area contributed by atoms with Gasteiger partial charge in [-0.2, -0.15) is 0 Å². The van der Waals surface area contributed by atoms with Crippen molar-refractivity contribution in [2.24, 2.45) is 0 Å². The molecule has 0 radical (unpaired) electrons. The van der Waals surface area contributed by atoms with E-state index in [0.29, 0.717) is 22.1 Å². The number of hydrogen-bond acceptors (Lipinski definition) is 4. The molecule has 0 aliphatic heterocycles. The molecular formula is C18H21ClN2O4S. The summed E-state index contributed by atoms with van der Waals surface area (Å²) in [5.74, 6) is 0.130. The summed E-state index contributed by atoms with van der Waals surface area (Å²) in [5.41, 5.74) is 1.74. The van der Waals surface area contributed by atoms with Crippen molar-refractivity contribution in [2.45, 2.75) is 19.9 Å². The normalized spacial score (nSPS) is 12.3. The standard InChI is InChI=1S/C18H21ClN2O4S/c1-12-5-6-14(19)11-17(12)20-18(22)13(2)21(26(4,23)24)15-7-9-16(25-3)10-8-15/h5-11,13H,1-4H3,(H,20,22)/t13-/m1/s1. The molecule has 6 nitrogen and oxygen atoms in total. The molecular weight excluding hydrogens is 376 g/mol. The monoisotopic (exact) mass is 396 g/mol. The Bertz CT molecular complexity index is 898. The predicted octanol–water partition coefficient (Wildman–Crippen LogP) is 3.45. The Morgan fingerprint density at radius 1 is 1.19 bits per heavy atom. The van der Waals surface area contributed by atoms with Gasteiger partial charge >= 0.3 is 0 Å². The molecule has 26 heavy (non-hydrogen) atoms. The number of nitrogens with zero attached hydrogens (tertiary/aromatic N) is 1. The van der Waals surface area contributed by atoms with Gasteiger partial charge in [-0.1, -0.05) is 17.7 Å². The summed E-state index contributed by atoms with van der Waals surface area (Å²) in [6.07, 6.45) is 1.06. The minimum Gasteiger partial charge on any atom is -0.497 e. The second-order valence-electron chi connectivity index (χ2n) is 5.88. The summed E-state index contributed by atoms with van der Waals surface area (Å²) in [6, 6.07) is 10.6. The molecule has 1 atom stereocenters. The van der Waals surface area contributed by atoms with E-state index in [1.165, 1.54) is 14.0 Å². The van der Waals surface area contributed by atoms with E-state index < -0.39 is 22.0 Å². The van der Waals surface area contributed by atoms with Gasteiger partial charge in [-0.15, -0.1) is 0 Å². The molecule has 0 bridgehead atoms. The third-order valence-electron chi connectivity index (χ3n) is 3.87. The maximum atomic E-state index is 12.7. The number of halogens is 1. The fourth-order valence-electron chi connectivity index (χ4n) is 2.50. The fraction of sp³-hybridized carbons (Fsp3) is 0.278. The minimum atomic E-state index is -3.69. The first-order valence-corrected chi connectivity index (χ1v) is 10.1. The first kappa shape index (κ1) is 20.1. The summed E-state index contributed by atoms with van der Waals surface area (Å²) in [5, 5.41) is 3.22. The molecule has 1 N–H and O–H groups in total. The van der Waals surface area contributed by atoms with E-state index in [0.717, 1.165) is 16.1 Å². The average Bonchev–Trinajstić information content (AvgIpc) is 2.57. The summed E-state index contributed by atoms with van der Waals surface area (Å²) in [4.78, 5) is 12.7. The number of carbonyl (C=O) groups excluding carboxylic acids is 1. The first-order chi connectivity index (χ1) is 12.1. The zero-order valence-corrected chi connectivity index (χ0v) is 16.6. The largest absolute Gasteiger partial charge is 0.497 e. The van der Waals surface area contributed by atoms with Gasteiger partial charge in [0.1, 0.15) is 11.8 Å². The summed E-state index contributed by atoms with van der Waals surface area (Å²) in [6.45, 7) is 3.36. The van der Waals surface area contributed by atoms with Gasteiger partial charge in [0, 0.05) is 10.7 Å². The van der Waals surface area contributed by atoms with Gasteiger partial charge in [0.05, 0.1) is 19.1 Å². The Morgan fingerprint density at radius 3 is 2.35 bits per heavy atom. The number of ether oxygens (including phenoxy) is 1.